The van der Waals surface area contributed by atoms with Gasteiger partial charge in [0.15, 0.2) is 11.6 Å². The van der Waals surface area contributed by atoms with Crippen molar-refractivity contribution in [1.82, 2.24) is 4.98 Å². The van der Waals surface area contributed by atoms with Gasteiger partial charge < -0.3 is 10.1 Å². The average molecular weight is 353 g/mol. The van der Waals surface area contributed by atoms with Crippen LogP contribution in [0.25, 0.3) is 0 Å². The summed E-state index contributed by atoms with van der Waals surface area (Å²) in [5.41, 5.74) is 1.01. The number of carbonyl (C=O) groups is 2. The molecule has 26 heavy (non-hydrogen) atoms. The largest absolute Gasteiger partial charge is 0.464 e. The molecule has 1 aromatic heterocycles. The first-order valence-corrected chi connectivity index (χ1v) is 8.60. The first-order chi connectivity index (χ1) is 12.2. The maximum Gasteiger partial charge on any atom is 0.282 e. The topological polar surface area (TPSA) is 71.5 Å². The summed E-state index contributed by atoms with van der Waals surface area (Å²) in [5, 5.41) is 2.84. The van der Waals surface area contributed by atoms with E-state index in [1.807, 2.05) is 45.9 Å². The fraction of sp³-hybridized carbons (Fsp3) is 0.350. The highest BCUT2D eigenvalue weighted by Gasteiger charge is 2.52. The minimum atomic E-state index is -1.67. The van der Waals surface area contributed by atoms with Gasteiger partial charge in [0, 0.05) is 17.9 Å². The second-order valence-corrected chi connectivity index (χ2v) is 7.00. The Balaban J connectivity index is 1.98. The van der Waals surface area contributed by atoms with Gasteiger partial charge in [-0.05, 0) is 58.4 Å². The SMILES string of the molecule is Cc1ccc(NC(=O)C2(C)Oc3cccnc3N(C(C)C)C2=O)c(C)c1. The summed E-state index contributed by atoms with van der Waals surface area (Å²) in [6.45, 7) is 9.15. The van der Waals surface area contributed by atoms with Crippen molar-refractivity contribution in [2.24, 2.45) is 0 Å². The molecule has 1 aliphatic rings. The Morgan fingerprint density at radius 1 is 1.27 bits per heavy atom. The van der Waals surface area contributed by atoms with Gasteiger partial charge in [0.2, 0.25) is 0 Å². The molecule has 0 bridgehead atoms. The Labute approximate surface area is 153 Å². The number of aromatic nitrogens is 1. The lowest BCUT2D eigenvalue weighted by Crippen LogP contribution is -2.62. The maximum absolute atomic E-state index is 13.1. The molecule has 136 valence electrons. The molecule has 0 saturated carbocycles. The van der Waals surface area contributed by atoms with Gasteiger partial charge in [0.25, 0.3) is 17.4 Å². The van der Waals surface area contributed by atoms with Gasteiger partial charge in [0.1, 0.15) is 0 Å². The maximum atomic E-state index is 13.1. The Bertz CT molecular complexity index is 878. The van der Waals surface area contributed by atoms with Gasteiger partial charge in [-0.15, -0.1) is 0 Å². The number of anilines is 2. The Kier molecular flexibility index (Phi) is 4.44. The molecule has 1 aromatic carbocycles. The van der Waals surface area contributed by atoms with E-state index in [0.29, 0.717) is 17.3 Å². The molecule has 2 heterocycles. The molecule has 1 N–H and O–H groups in total. The van der Waals surface area contributed by atoms with Crippen LogP contribution in [0.1, 0.15) is 31.9 Å². The van der Waals surface area contributed by atoms with E-state index in [1.54, 1.807) is 18.3 Å². The quantitative estimate of drug-likeness (QED) is 0.860. The first-order valence-electron chi connectivity index (χ1n) is 8.60. The number of pyridine rings is 1. The summed E-state index contributed by atoms with van der Waals surface area (Å²) in [6, 6.07) is 8.99. The summed E-state index contributed by atoms with van der Waals surface area (Å²) in [6.07, 6.45) is 1.60. The predicted molar refractivity (Wildman–Crippen MR) is 100 cm³/mol. The van der Waals surface area contributed by atoms with Crippen molar-refractivity contribution >= 4 is 23.3 Å². The lowest BCUT2D eigenvalue weighted by Gasteiger charge is -2.40. The van der Waals surface area contributed by atoms with Crippen LogP contribution >= 0.6 is 0 Å². The van der Waals surface area contributed by atoms with Crippen LogP contribution in [0.15, 0.2) is 36.5 Å². The van der Waals surface area contributed by atoms with E-state index in [1.165, 1.54) is 11.8 Å². The van der Waals surface area contributed by atoms with Crippen molar-refractivity contribution in [2.75, 3.05) is 10.2 Å². The number of nitrogens with one attached hydrogen (secondary N) is 1. The molecular weight excluding hydrogens is 330 g/mol. The van der Waals surface area contributed by atoms with Crippen molar-refractivity contribution < 1.29 is 14.3 Å². The Morgan fingerprint density at radius 2 is 2.00 bits per heavy atom. The fourth-order valence-electron chi connectivity index (χ4n) is 3.05. The van der Waals surface area contributed by atoms with Crippen molar-refractivity contribution in [3.63, 3.8) is 0 Å². The van der Waals surface area contributed by atoms with Crippen molar-refractivity contribution in [2.45, 2.75) is 46.3 Å². The number of aryl methyl sites for hydroxylation is 2. The molecule has 6 nitrogen and oxygen atoms in total. The monoisotopic (exact) mass is 353 g/mol. The van der Waals surface area contributed by atoms with E-state index < -0.39 is 17.4 Å². The summed E-state index contributed by atoms with van der Waals surface area (Å²) < 4.78 is 5.84. The molecular formula is C20H23N3O3. The molecule has 6 heteroatoms. The molecule has 0 fully saturated rings. The molecule has 0 saturated heterocycles. The second-order valence-electron chi connectivity index (χ2n) is 7.00. The number of amides is 2. The van der Waals surface area contributed by atoms with Gasteiger partial charge in [-0.25, -0.2) is 4.98 Å². The molecule has 1 aliphatic heterocycles. The van der Waals surface area contributed by atoms with Crippen LogP contribution < -0.4 is 15.0 Å². The lowest BCUT2D eigenvalue weighted by molar-refractivity contribution is -0.145. The number of ether oxygens (including phenoxy) is 1. The van der Waals surface area contributed by atoms with Crippen LogP contribution in [0.4, 0.5) is 11.5 Å². The van der Waals surface area contributed by atoms with Gasteiger partial charge in [-0.3, -0.25) is 14.5 Å². The standard InChI is InChI=1S/C20H23N3O3/c1-12(2)23-17-16(7-6-10-21-17)26-20(5,19(23)25)18(24)22-15-9-8-13(3)11-14(15)4/h6-12H,1-5H3,(H,22,24). The summed E-state index contributed by atoms with van der Waals surface area (Å²) in [4.78, 5) is 31.9. The van der Waals surface area contributed by atoms with E-state index in [0.717, 1.165) is 11.1 Å². The van der Waals surface area contributed by atoms with Crippen molar-refractivity contribution in [1.29, 1.82) is 0 Å². The van der Waals surface area contributed by atoms with Crippen LogP contribution in [-0.4, -0.2) is 28.4 Å². The number of carbonyl (C=O) groups excluding carboxylic acids is 2. The van der Waals surface area contributed by atoms with Gasteiger partial charge in [-0.1, -0.05) is 17.7 Å². The molecule has 2 amide bonds. The van der Waals surface area contributed by atoms with Crippen molar-refractivity contribution in [3.05, 3.63) is 47.7 Å². The number of benzene rings is 1. The highest BCUT2D eigenvalue weighted by atomic mass is 16.5. The summed E-state index contributed by atoms with van der Waals surface area (Å²) in [5.74, 6) is -0.0843. The smallest absolute Gasteiger partial charge is 0.282 e. The zero-order valence-corrected chi connectivity index (χ0v) is 15.7. The normalized spacial score (nSPS) is 19.2. The Hall–Kier alpha value is -2.89. The van der Waals surface area contributed by atoms with Crippen LogP contribution in [0.5, 0.6) is 5.75 Å². The van der Waals surface area contributed by atoms with E-state index in [-0.39, 0.29) is 6.04 Å². The third kappa shape index (κ3) is 2.92. The zero-order valence-electron chi connectivity index (χ0n) is 15.7. The predicted octanol–water partition coefficient (Wildman–Crippen LogP) is 3.23. The van der Waals surface area contributed by atoms with Gasteiger partial charge >= 0.3 is 0 Å². The summed E-state index contributed by atoms with van der Waals surface area (Å²) >= 11 is 0. The van der Waals surface area contributed by atoms with Crippen LogP contribution in [0.2, 0.25) is 0 Å². The van der Waals surface area contributed by atoms with Crippen LogP contribution in [0, 0.1) is 13.8 Å². The zero-order chi connectivity index (χ0) is 19.1. The number of nitrogens with zero attached hydrogens (tertiary/aromatic N) is 2. The fourth-order valence-corrected chi connectivity index (χ4v) is 3.05. The van der Waals surface area contributed by atoms with E-state index >= 15 is 0 Å². The highest BCUT2D eigenvalue weighted by Crippen LogP contribution is 2.37. The number of hydrogen-bond donors (Lipinski definition) is 1. The second kappa shape index (κ2) is 6.44. The molecule has 3 rings (SSSR count). The number of hydrogen-bond acceptors (Lipinski definition) is 4. The number of fused-ring (bicyclic) bond motifs is 1. The van der Waals surface area contributed by atoms with E-state index in [4.69, 9.17) is 4.74 Å². The minimum Gasteiger partial charge on any atom is -0.464 e. The van der Waals surface area contributed by atoms with Crippen molar-refractivity contribution in [3.8, 4) is 5.75 Å². The molecule has 1 atom stereocenters. The van der Waals surface area contributed by atoms with E-state index in [2.05, 4.69) is 10.3 Å². The number of rotatable bonds is 3. The van der Waals surface area contributed by atoms with Crippen LogP contribution in [0.3, 0.4) is 0 Å². The van der Waals surface area contributed by atoms with E-state index in [9.17, 15) is 9.59 Å². The molecule has 0 aliphatic carbocycles. The third-order valence-electron chi connectivity index (χ3n) is 4.50. The molecule has 0 spiro atoms. The summed E-state index contributed by atoms with van der Waals surface area (Å²) in [7, 11) is 0. The average Bonchev–Trinajstić information content (AvgIpc) is 2.58. The first kappa shape index (κ1) is 17.9. The third-order valence-corrected chi connectivity index (χ3v) is 4.50. The van der Waals surface area contributed by atoms with Gasteiger partial charge in [-0.2, -0.15) is 0 Å². The van der Waals surface area contributed by atoms with Gasteiger partial charge in [0.05, 0.1) is 0 Å². The Morgan fingerprint density at radius 3 is 2.65 bits per heavy atom. The molecule has 0 radical (unpaired) electrons. The molecule has 1 unspecified atom stereocenters. The lowest BCUT2D eigenvalue weighted by atomic mass is 9.99. The molecule has 2 aromatic rings. The minimum absolute atomic E-state index is 0.159. The highest BCUT2D eigenvalue weighted by molar-refractivity contribution is 6.19. The van der Waals surface area contributed by atoms with Crippen LogP contribution in [-0.2, 0) is 9.59 Å².